The van der Waals surface area contributed by atoms with Crippen LogP contribution in [0.5, 0.6) is 0 Å². The third-order valence-electron chi connectivity index (χ3n) is 3.66. The number of rotatable bonds is 5. The monoisotopic (exact) mass is 239 g/mol. The van der Waals surface area contributed by atoms with Gasteiger partial charge in [0.25, 0.3) is 0 Å². The Morgan fingerprint density at radius 3 is 2.06 bits per heavy atom. The van der Waals surface area contributed by atoms with Crippen molar-refractivity contribution < 1.29 is 0 Å². The lowest BCUT2D eigenvalue weighted by Gasteiger charge is -2.25. The first-order chi connectivity index (χ1) is 8.86. The van der Waals surface area contributed by atoms with Crippen LogP contribution in [0.1, 0.15) is 49.8 Å². The molecule has 0 aliphatic heterocycles. The van der Waals surface area contributed by atoms with Crippen LogP contribution in [0.25, 0.3) is 0 Å². The number of hydrogen-bond acceptors (Lipinski definition) is 1. The summed E-state index contributed by atoms with van der Waals surface area (Å²) in [6.45, 7) is 4.52. The Morgan fingerprint density at radius 1 is 0.833 bits per heavy atom. The fourth-order valence-electron chi connectivity index (χ4n) is 2.75. The second kappa shape index (κ2) is 6.34. The smallest absolute Gasteiger partial charge is 0.0440 e. The van der Waals surface area contributed by atoms with Gasteiger partial charge in [0.05, 0.1) is 0 Å². The van der Waals surface area contributed by atoms with E-state index in [1.165, 1.54) is 11.3 Å². The summed E-state index contributed by atoms with van der Waals surface area (Å²) >= 11 is 0. The van der Waals surface area contributed by atoms with Crippen LogP contribution in [-0.4, -0.2) is 4.98 Å². The Balaban J connectivity index is 2.31. The van der Waals surface area contributed by atoms with Crippen LogP contribution < -0.4 is 0 Å². The second-order valence-corrected chi connectivity index (χ2v) is 4.69. The number of pyridine rings is 1. The highest BCUT2D eigenvalue weighted by molar-refractivity contribution is 5.25. The van der Waals surface area contributed by atoms with E-state index in [4.69, 9.17) is 0 Å². The predicted octanol–water partition coefficient (Wildman–Crippen LogP) is 4.77. The highest BCUT2D eigenvalue weighted by atomic mass is 14.7. The largest absolute Gasteiger partial charge is 0.261 e. The number of hydrogen-bond donors (Lipinski definition) is 0. The fourth-order valence-corrected chi connectivity index (χ4v) is 2.75. The standard InChI is InChI=1S/C17H21N/c1-3-15(14-10-6-5-7-11-14)16(4-2)17-12-8-9-13-18-17/h5-13,15-16H,3-4H2,1-2H3/t15-,16+/m0/s1. The van der Waals surface area contributed by atoms with Gasteiger partial charge in [0.2, 0.25) is 0 Å². The van der Waals surface area contributed by atoms with Gasteiger partial charge >= 0.3 is 0 Å². The van der Waals surface area contributed by atoms with Crippen molar-refractivity contribution in [3.05, 3.63) is 66.0 Å². The van der Waals surface area contributed by atoms with E-state index in [-0.39, 0.29) is 0 Å². The Hall–Kier alpha value is -1.63. The van der Waals surface area contributed by atoms with E-state index in [9.17, 15) is 0 Å². The first kappa shape index (κ1) is 12.8. The molecule has 0 aliphatic rings. The molecule has 0 spiro atoms. The molecule has 0 N–H and O–H groups in total. The second-order valence-electron chi connectivity index (χ2n) is 4.69. The van der Waals surface area contributed by atoms with Gasteiger partial charge in [-0.2, -0.15) is 0 Å². The molecule has 1 heterocycles. The molecule has 2 rings (SSSR count). The SMILES string of the molecule is CC[C@@H](c1ccccc1)[C@@H](CC)c1ccccn1. The summed E-state index contributed by atoms with van der Waals surface area (Å²) in [5.74, 6) is 1.07. The fraction of sp³-hybridized carbons (Fsp3) is 0.353. The van der Waals surface area contributed by atoms with E-state index in [0.29, 0.717) is 11.8 Å². The zero-order valence-corrected chi connectivity index (χ0v) is 11.2. The van der Waals surface area contributed by atoms with Crippen LogP contribution in [0.2, 0.25) is 0 Å². The maximum Gasteiger partial charge on any atom is 0.0440 e. The van der Waals surface area contributed by atoms with Crippen LogP contribution in [0.3, 0.4) is 0 Å². The lowest BCUT2D eigenvalue weighted by atomic mass is 9.80. The first-order valence-electron chi connectivity index (χ1n) is 6.82. The highest BCUT2D eigenvalue weighted by Crippen LogP contribution is 2.36. The normalized spacial score (nSPS) is 14.1. The molecule has 0 fully saturated rings. The molecule has 1 aromatic carbocycles. The van der Waals surface area contributed by atoms with Crippen molar-refractivity contribution in [2.75, 3.05) is 0 Å². The van der Waals surface area contributed by atoms with Gasteiger partial charge in [0.15, 0.2) is 0 Å². The number of benzene rings is 1. The van der Waals surface area contributed by atoms with Crippen LogP contribution in [-0.2, 0) is 0 Å². The Kier molecular flexibility index (Phi) is 4.52. The molecule has 2 atom stereocenters. The lowest BCUT2D eigenvalue weighted by molar-refractivity contribution is 0.500. The van der Waals surface area contributed by atoms with E-state index in [1.54, 1.807) is 0 Å². The minimum atomic E-state index is 0.513. The van der Waals surface area contributed by atoms with E-state index in [1.807, 2.05) is 12.3 Å². The molecule has 2 aromatic rings. The summed E-state index contributed by atoms with van der Waals surface area (Å²) in [6.07, 6.45) is 4.18. The number of aromatic nitrogens is 1. The van der Waals surface area contributed by atoms with Gasteiger partial charge in [-0.25, -0.2) is 0 Å². The van der Waals surface area contributed by atoms with Gasteiger partial charge in [-0.3, -0.25) is 4.98 Å². The van der Waals surface area contributed by atoms with Gasteiger partial charge in [-0.15, -0.1) is 0 Å². The quantitative estimate of drug-likeness (QED) is 0.732. The minimum absolute atomic E-state index is 0.513. The Bertz CT molecular complexity index is 404. The molecular formula is C17H21N. The molecule has 1 aromatic heterocycles. The van der Waals surface area contributed by atoms with E-state index in [2.05, 4.69) is 61.3 Å². The van der Waals surface area contributed by atoms with Crippen molar-refractivity contribution in [2.45, 2.75) is 38.5 Å². The maximum absolute atomic E-state index is 4.54. The molecule has 0 saturated carbocycles. The van der Waals surface area contributed by atoms with Crippen molar-refractivity contribution in [1.29, 1.82) is 0 Å². The summed E-state index contributed by atoms with van der Waals surface area (Å²) in [4.78, 5) is 4.54. The Morgan fingerprint density at radius 2 is 1.50 bits per heavy atom. The highest BCUT2D eigenvalue weighted by Gasteiger charge is 2.22. The van der Waals surface area contributed by atoms with Gasteiger partial charge < -0.3 is 0 Å². The summed E-state index contributed by atoms with van der Waals surface area (Å²) < 4.78 is 0. The van der Waals surface area contributed by atoms with Crippen LogP contribution in [0.4, 0.5) is 0 Å². The molecule has 0 bridgehead atoms. The molecule has 0 saturated heterocycles. The average Bonchev–Trinajstić information content (AvgIpc) is 2.46. The summed E-state index contributed by atoms with van der Waals surface area (Å²) in [6, 6.07) is 17.0. The molecule has 94 valence electrons. The molecule has 0 unspecified atom stereocenters. The topological polar surface area (TPSA) is 12.9 Å². The third-order valence-corrected chi connectivity index (χ3v) is 3.66. The van der Waals surface area contributed by atoms with Gasteiger partial charge in [-0.1, -0.05) is 50.2 Å². The Labute approximate surface area is 110 Å². The van der Waals surface area contributed by atoms with Crippen molar-refractivity contribution in [3.8, 4) is 0 Å². The van der Waals surface area contributed by atoms with Crippen LogP contribution >= 0.6 is 0 Å². The van der Waals surface area contributed by atoms with Crippen molar-refractivity contribution in [3.63, 3.8) is 0 Å². The average molecular weight is 239 g/mol. The van der Waals surface area contributed by atoms with E-state index >= 15 is 0 Å². The van der Waals surface area contributed by atoms with E-state index in [0.717, 1.165) is 12.8 Å². The third kappa shape index (κ3) is 2.79. The van der Waals surface area contributed by atoms with E-state index < -0.39 is 0 Å². The van der Waals surface area contributed by atoms with Gasteiger partial charge in [-0.05, 0) is 36.5 Å². The number of nitrogens with zero attached hydrogens (tertiary/aromatic N) is 1. The lowest BCUT2D eigenvalue weighted by Crippen LogP contribution is -2.11. The molecular weight excluding hydrogens is 218 g/mol. The van der Waals surface area contributed by atoms with Crippen molar-refractivity contribution in [1.82, 2.24) is 4.98 Å². The molecule has 1 nitrogen and oxygen atoms in total. The summed E-state index contributed by atoms with van der Waals surface area (Å²) in [5, 5.41) is 0. The molecule has 0 aliphatic carbocycles. The molecule has 1 heteroatoms. The minimum Gasteiger partial charge on any atom is -0.261 e. The first-order valence-corrected chi connectivity index (χ1v) is 6.82. The van der Waals surface area contributed by atoms with Gasteiger partial charge in [0, 0.05) is 17.8 Å². The maximum atomic E-state index is 4.54. The van der Waals surface area contributed by atoms with Crippen LogP contribution in [0, 0.1) is 0 Å². The zero-order chi connectivity index (χ0) is 12.8. The molecule has 18 heavy (non-hydrogen) atoms. The molecule has 0 radical (unpaired) electrons. The molecule has 0 amide bonds. The predicted molar refractivity (Wildman–Crippen MR) is 76.7 cm³/mol. The summed E-state index contributed by atoms with van der Waals surface area (Å²) in [7, 11) is 0. The zero-order valence-electron chi connectivity index (χ0n) is 11.2. The van der Waals surface area contributed by atoms with Crippen molar-refractivity contribution in [2.24, 2.45) is 0 Å². The van der Waals surface area contributed by atoms with Crippen LogP contribution in [0.15, 0.2) is 54.7 Å². The summed E-state index contributed by atoms with van der Waals surface area (Å²) in [5.41, 5.74) is 2.65. The van der Waals surface area contributed by atoms with Gasteiger partial charge in [0.1, 0.15) is 0 Å². The van der Waals surface area contributed by atoms with Crippen molar-refractivity contribution >= 4 is 0 Å².